The lowest BCUT2D eigenvalue weighted by atomic mass is 9.85. The van der Waals surface area contributed by atoms with Gasteiger partial charge in [-0.25, -0.2) is 4.79 Å². The fourth-order valence-electron chi connectivity index (χ4n) is 3.26. The van der Waals surface area contributed by atoms with Gasteiger partial charge in [-0.05, 0) is 37.8 Å². The van der Waals surface area contributed by atoms with Crippen LogP contribution in [0.4, 0.5) is 0 Å². The Bertz CT molecular complexity index is 661. The van der Waals surface area contributed by atoms with Crippen LogP contribution in [0, 0.1) is 25.7 Å². The highest BCUT2D eigenvalue weighted by Crippen LogP contribution is 2.35. The number of esters is 1. The largest absolute Gasteiger partial charge is 0.425 e. The number of ether oxygens (including phenoxy) is 1. The zero-order valence-electron chi connectivity index (χ0n) is 13.2. The highest BCUT2D eigenvalue weighted by atomic mass is 16.5. The average molecular weight is 313 g/mol. The van der Waals surface area contributed by atoms with Gasteiger partial charge in [-0.15, -0.1) is 0 Å². The molecule has 2 atom stereocenters. The van der Waals surface area contributed by atoms with E-state index in [9.17, 15) is 14.4 Å². The zero-order valence-corrected chi connectivity index (χ0v) is 13.2. The number of imide groups is 1. The summed E-state index contributed by atoms with van der Waals surface area (Å²) in [7, 11) is 0. The van der Waals surface area contributed by atoms with Crippen LogP contribution in [-0.2, 0) is 14.4 Å². The molecular formula is C18H19NO4. The number of aryl methyl sites for hydroxylation is 2. The first kappa shape index (κ1) is 15.5. The number of para-hydroxylation sites is 1. The predicted octanol–water partition coefficient (Wildman–Crippen LogP) is 2.16. The van der Waals surface area contributed by atoms with Gasteiger partial charge in [0.15, 0.2) is 0 Å². The molecule has 1 aromatic rings. The van der Waals surface area contributed by atoms with Gasteiger partial charge in [0, 0.05) is 0 Å². The van der Waals surface area contributed by atoms with Gasteiger partial charge in [-0.1, -0.05) is 30.4 Å². The summed E-state index contributed by atoms with van der Waals surface area (Å²) in [6.45, 7) is 3.38. The number of carbonyl (C=O) groups is 3. The Kier molecular flexibility index (Phi) is 4.03. The smallest absolute Gasteiger partial charge is 0.331 e. The maximum atomic E-state index is 12.3. The molecule has 1 aliphatic carbocycles. The molecule has 1 fully saturated rings. The van der Waals surface area contributed by atoms with Crippen LogP contribution in [0.1, 0.15) is 24.0 Å². The summed E-state index contributed by atoms with van der Waals surface area (Å²) in [6, 6.07) is 5.58. The first-order valence-corrected chi connectivity index (χ1v) is 7.76. The summed E-state index contributed by atoms with van der Waals surface area (Å²) < 4.78 is 5.39. The quantitative estimate of drug-likeness (QED) is 0.371. The number of hydrogen-bond donors (Lipinski definition) is 0. The van der Waals surface area contributed by atoms with Gasteiger partial charge in [0.05, 0.1) is 11.8 Å². The average Bonchev–Trinajstić information content (AvgIpc) is 2.77. The maximum Gasteiger partial charge on any atom is 0.331 e. The van der Waals surface area contributed by atoms with Crippen LogP contribution in [-0.4, -0.2) is 29.2 Å². The van der Waals surface area contributed by atoms with Gasteiger partial charge < -0.3 is 4.74 Å². The van der Waals surface area contributed by atoms with Crippen LogP contribution in [0.15, 0.2) is 30.4 Å². The number of likely N-dealkylation sites (tertiary alicyclic amines) is 1. The van der Waals surface area contributed by atoms with Crippen LogP contribution in [0.2, 0.25) is 0 Å². The zero-order chi connectivity index (χ0) is 16.6. The standard InChI is InChI=1S/C18H19NO4/c1-11-6-5-7-12(2)16(11)23-15(20)10-19-17(21)13-8-3-4-9-14(13)18(19)22/h3-7,13-14H,8-10H2,1-2H3/t13-,14-/m0/s1. The summed E-state index contributed by atoms with van der Waals surface area (Å²) in [4.78, 5) is 37.9. The number of carbonyl (C=O) groups excluding carboxylic acids is 3. The van der Waals surface area contributed by atoms with E-state index in [1.807, 2.05) is 44.2 Å². The van der Waals surface area contributed by atoms with Gasteiger partial charge >= 0.3 is 5.97 Å². The topological polar surface area (TPSA) is 63.7 Å². The van der Waals surface area contributed by atoms with E-state index in [0.717, 1.165) is 16.0 Å². The minimum absolute atomic E-state index is 0.261. The normalized spacial score (nSPS) is 23.1. The fraction of sp³-hybridized carbons (Fsp3) is 0.389. The van der Waals surface area contributed by atoms with Gasteiger partial charge in [0.25, 0.3) is 0 Å². The van der Waals surface area contributed by atoms with Crippen molar-refractivity contribution in [3.05, 3.63) is 41.5 Å². The lowest BCUT2D eigenvalue weighted by Gasteiger charge is -2.15. The number of nitrogens with zero attached hydrogens (tertiary/aromatic N) is 1. The van der Waals surface area contributed by atoms with Crippen LogP contribution < -0.4 is 4.74 Å². The van der Waals surface area contributed by atoms with Crippen LogP contribution >= 0.6 is 0 Å². The second-order valence-electron chi connectivity index (χ2n) is 6.11. The summed E-state index contributed by atoms with van der Waals surface area (Å²) in [5.41, 5.74) is 1.69. The van der Waals surface area contributed by atoms with Crippen molar-refractivity contribution in [2.24, 2.45) is 11.8 Å². The molecule has 1 saturated heterocycles. The van der Waals surface area contributed by atoms with E-state index in [0.29, 0.717) is 18.6 Å². The Hall–Kier alpha value is -2.43. The summed E-state index contributed by atoms with van der Waals surface area (Å²) in [5.74, 6) is -1.25. The third-order valence-electron chi connectivity index (χ3n) is 4.51. The van der Waals surface area contributed by atoms with Crippen molar-refractivity contribution in [3.63, 3.8) is 0 Å². The molecule has 0 N–H and O–H groups in total. The Morgan fingerprint density at radius 2 is 1.61 bits per heavy atom. The lowest BCUT2D eigenvalue weighted by molar-refractivity contribution is -0.148. The number of benzene rings is 1. The van der Waals surface area contributed by atoms with Crippen molar-refractivity contribution in [2.75, 3.05) is 6.54 Å². The van der Waals surface area contributed by atoms with Crippen LogP contribution in [0.3, 0.4) is 0 Å². The molecule has 0 spiro atoms. The maximum absolute atomic E-state index is 12.3. The lowest BCUT2D eigenvalue weighted by Crippen LogP contribution is -2.37. The molecule has 5 heteroatoms. The molecule has 1 aliphatic heterocycles. The molecule has 23 heavy (non-hydrogen) atoms. The van der Waals surface area contributed by atoms with Gasteiger partial charge in [-0.3, -0.25) is 14.5 Å². The van der Waals surface area contributed by atoms with Crippen molar-refractivity contribution >= 4 is 17.8 Å². The number of amides is 2. The van der Waals surface area contributed by atoms with Gasteiger partial charge in [-0.2, -0.15) is 0 Å². The molecule has 2 amide bonds. The van der Waals surface area contributed by atoms with Crippen LogP contribution in [0.5, 0.6) is 5.75 Å². The van der Waals surface area contributed by atoms with Gasteiger partial charge in [0.2, 0.25) is 11.8 Å². The molecular weight excluding hydrogens is 294 g/mol. The van der Waals surface area contributed by atoms with Crippen molar-refractivity contribution in [3.8, 4) is 5.75 Å². The second-order valence-corrected chi connectivity index (χ2v) is 6.11. The molecule has 120 valence electrons. The Morgan fingerprint density at radius 1 is 1.09 bits per heavy atom. The second kappa shape index (κ2) is 5.99. The first-order valence-electron chi connectivity index (χ1n) is 7.76. The highest BCUT2D eigenvalue weighted by Gasteiger charge is 2.47. The Balaban J connectivity index is 1.71. The van der Waals surface area contributed by atoms with E-state index in [1.165, 1.54) is 0 Å². The Labute approximate surface area is 134 Å². The molecule has 0 unspecified atom stereocenters. The summed E-state index contributed by atoms with van der Waals surface area (Å²) in [6.07, 6.45) is 4.98. The number of rotatable bonds is 3. The SMILES string of the molecule is Cc1cccc(C)c1OC(=O)CN1C(=O)[C@H]2CC=CC[C@@H]2C1=O. The van der Waals surface area contributed by atoms with Crippen LogP contribution in [0.25, 0.3) is 0 Å². The first-order chi connectivity index (χ1) is 11.0. The molecule has 3 rings (SSSR count). The predicted molar refractivity (Wildman–Crippen MR) is 83.6 cm³/mol. The third-order valence-corrected chi connectivity index (χ3v) is 4.51. The monoisotopic (exact) mass is 313 g/mol. The number of hydrogen-bond acceptors (Lipinski definition) is 4. The molecule has 0 aromatic heterocycles. The summed E-state index contributed by atoms with van der Waals surface area (Å²) >= 11 is 0. The van der Waals surface area contributed by atoms with Gasteiger partial charge in [0.1, 0.15) is 12.3 Å². The Morgan fingerprint density at radius 3 is 2.13 bits per heavy atom. The minimum Gasteiger partial charge on any atom is -0.425 e. The number of fused-ring (bicyclic) bond motifs is 1. The van der Waals surface area contributed by atoms with E-state index < -0.39 is 5.97 Å². The highest BCUT2D eigenvalue weighted by molar-refractivity contribution is 6.07. The van der Waals surface area contributed by atoms with Crippen molar-refractivity contribution in [1.82, 2.24) is 4.90 Å². The molecule has 0 saturated carbocycles. The molecule has 5 nitrogen and oxygen atoms in total. The third kappa shape index (κ3) is 2.79. The van der Waals surface area contributed by atoms with Crippen molar-refractivity contribution in [1.29, 1.82) is 0 Å². The van der Waals surface area contributed by atoms with E-state index in [1.54, 1.807) is 0 Å². The molecule has 2 aliphatic rings. The molecule has 1 aromatic carbocycles. The molecule has 1 heterocycles. The minimum atomic E-state index is -0.587. The molecule has 0 radical (unpaired) electrons. The van der Waals surface area contributed by atoms with Crippen molar-refractivity contribution in [2.45, 2.75) is 26.7 Å². The number of allylic oxidation sites excluding steroid dienone is 2. The summed E-state index contributed by atoms with van der Waals surface area (Å²) in [5, 5.41) is 0. The van der Waals surface area contributed by atoms with E-state index in [-0.39, 0.29) is 30.2 Å². The van der Waals surface area contributed by atoms with Crippen molar-refractivity contribution < 1.29 is 19.1 Å². The van der Waals surface area contributed by atoms with E-state index >= 15 is 0 Å². The van der Waals surface area contributed by atoms with E-state index in [4.69, 9.17) is 4.74 Å². The fourth-order valence-corrected chi connectivity index (χ4v) is 3.26. The molecule has 0 bridgehead atoms. The van der Waals surface area contributed by atoms with E-state index in [2.05, 4.69) is 0 Å².